The lowest BCUT2D eigenvalue weighted by atomic mass is 10.2. The van der Waals surface area contributed by atoms with Gasteiger partial charge in [-0.15, -0.1) is 0 Å². The molecule has 30 heavy (non-hydrogen) atoms. The highest BCUT2D eigenvalue weighted by atomic mass is 16.2. The Bertz CT molecular complexity index is 1150. The fraction of sp³-hybridized carbons (Fsp3) is 0.318. The van der Waals surface area contributed by atoms with Gasteiger partial charge in [-0.1, -0.05) is 42.5 Å². The molecule has 0 aliphatic carbocycles. The number of aromatic nitrogens is 2. The molecule has 0 bridgehead atoms. The summed E-state index contributed by atoms with van der Waals surface area (Å²) in [6.07, 6.45) is 0. The zero-order valence-corrected chi connectivity index (χ0v) is 16.8. The highest BCUT2D eigenvalue weighted by Crippen LogP contribution is 2.15. The van der Waals surface area contributed by atoms with Gasteiger partial charge in [0.05, 0.1) is 17.6 Å². The second-order valence-corrected chi connectivity index (χ2v) is 7.65. The predicted molar refractivity (Wildman–Crippen MR) is 116 cm³/mol. The molecule has 1 aromatic heterocycles. The number of fused-ring (bicyclic) bond motifs is 1. The fourth-order valence-corrected chi connectivity index (χ4v) is 4.19. The lowest BCUT2D eigenvalue weighted by molar-refractivity contribution is 0.136. The highest BCUT2D eigenvalue weighted by Gasteiger charge is 2.26. The molecular weight excluding hydrogens is 378 g/mol. The average Bonchev–Trinajstić information content (AvgIpc) is 3.40. The van der Waals surface area contributed by atoms with Gasteiger partial charge >= 0.3 is 6.03 Å². The molecule has 0 saturated carbocycles. The van der Waals surface area contributed by atoms with E-state index in [4.69, 9.17) is 5.41 Å². The molecule has 3 heterocycles. The van der Waals surface area contributed by atoms with Gasteiger partial charge in [-0.05, 0) is 17.7 Å². The van der Waals surface area contributed by atoms with Crippen LogP contribution in [0.25, 0.3) is 11.0 Å². The van der Waals surface area contributed by atoms with Crippen molar-refractivity contribution < 1.29 is 4.79 Å². The van der Waals surface area contributed by atoms with E-state index in [1.165, 1.54) is 10.1 Å². The first-order valence-corrected chi connectivity index (χ1v) is 10.3. The molecule has 0 atom stereocenters. The standard InChI is InChI=1S/C22H25N7O/c23-20-28(21-24-10-11-25-21)18-8-4-5-9-19(18)29(20)22(30)27-14-12-26(13-15-27)16-17-6-2-1-3-7-17/h1-9,23H,10-16H2,(H,24,25). The molecule has 0 unspecified atom stereocenters. The van der Waals surface area contributed by atoms with E-state index in [1.807, 2.05) is 35.2 Å². The van der Waals surface area contributed by atoms with E-state index >= 15 is 0 Å². The topological polar surface area (TPSA) is 81.7 Å². The Labute approximate surface area is 174 Å². The monoisotopic (exact) mass is 403 g/mol. The average molecular weight is 403 g/mol. The van der Waals surface area contributed by atoms with Crippen LogP contribution >= 0.6 is 0 Å². The molecule has 2 aromatic carbocycles. The van der Waals surface area contributed by atoms with E-state index in [2.05, 4.69) is 39.5 Å². The van der Waals surface area contributed by atoms with Crippen LogP contribution in [-0.2, 0) is 6.54 Å². The number of hydrogen-bond acceptors (Lipinski definition) is 5. The number of hydrogen-bond donors (Lipinski definition) is 2. The maximum absolute atomic E-state index is 13.4. The summed E-state index contributed by atoms with van der Waals surface area (Å²) < 4.78 is 3.23. The summed E-state index contributed by atoms with van der Waals surface area (Å²) in [6, 6.07) is 17.9. The first-order valence-electron chi connectivity index (χ1n) is 10.3. The van der Waals surface area contributed by atoms with Crippen LogP contribution in [-0.4, -0.2) is 70.2 Å². The maximum atomic E-state index is 13.4. The molecule has 3 aromatic rings. The highest BCUT2D eigenvalue weighted by molar-refractivity contribution is 5.97. The fourth-order valence-electron chi connectivity index (χ4n) is 4.19. The Morgan fingerprint density at radius 3 is 2.37 bits per heavy atom. The van der Waals surface area contributed by atoms with E-state index < -0.39 is 0 Å². The van der Waals surface area contributed by atoms with Crippen LogP contribution < -0.4 is 10.9 Å². The number of nitrogens with zero attached hydrogens (tertiary/aromatic N) is 5. The van der Waals surface area contributed by atoms with Gasteiger partial charge in [-0.2, -0.15) is 0 Å². The van der Waals surface area contributed by atoms with Crippen LogP contribution in [0.2, 0.25) is 0 Å². The SMILES string of the molecule is N=c1n(C(=O)N2CCN(Cc3ccccc3)CC2)c2ccccc2n1C1=NCCN1. The van der Waals surface area contributed by atoms with Crippen LogP contribution in [0, 0.1) is 5.41 Å². The van der Waals surface area contributed by atoms with Crippen molar-refractivity contribution in [3.63, 3.8) is 0 Å². The molecular formula is C22H25N7O. The second kappa shape index (κ2) is 7.79. The number of imidazole rings is 1. The maximum Gasteiger partial charge on any atom is 0.331 e. The number of benzene rings is 2. The molecule has 2 N–H and O–H groups in total. The second-order valence-electron chi connectivity index (χ2n) is 7.65. The summed E-state index contributed by atoms with van der Waals surface area (Å²) in [5, 5.41) is 11.9. The third-order valence-electron chi connectivity index (χ3n) is 5.74. The molecule has 0 radical (unpaired) electrons. The number of piperazine rings is 1. The molecule has 1 amide bonds. The number of amides is 1. The summed E-state index contributed by atoms with van der Waals surface area (Å²) >= 11 is 0. The number of para-hydroxylation sites is 2. The lowest BCUT2D eigenvalue weighted by Gasteiger charge is -2.34. The van der Waals surface area contributed by atoms with Crippen LogP contribution in [0.1, 0.15) is 5.56 Å². The molecule has 5 rings (SSSR count). The van der Waals surface area contributed by atoms with E-state index in [0.717, 1.165) is 37.2 Å². The number of rotatable bonds is 2. The third-order valence-corrected chi connectivity index (χ3v) is 5.74. The minimum Gasteiger partial charge on any atom is -0.354 e. The van der Waals surface area contributed by atoms with E-state index in [9.17, 15) is 4.79 Å². The first kappa shape index (κ1) is 18.6. The molecule has 0 spiro atoms. The van der Waals surface area contributed by atoms with Gasteiger partial charge in [0, 0.05) is 39.3 Å². The summed E-state index contributed by atoms with van der Waals surface area (Å²) in [5.41, 5.74) is 2.95. The minimum atomic E-state index is -0.145. The number of carbonyl (C=O) groups is 1. The van der Waals surface area contributed by atoms with Crippen molar-refractivity contribution >= 4 is 23.0 Å². The summed E-state index contributed by atoms with van der Waals surface area (Å²) in [4.78, 5) is 22.1. The van der Waals surface area contributed by atoms with Gasteiger partial charge in [0.15, 0.2) is 0 Å². The van der Waals surface area contributed by atoms with Crippen LogP contribution in [0.3, 0.4) is 0 Å². The van der Waals surface area contributed by atoms with Crippen molar-refractivity contribution in [1.82, 2.24) is 24.3 Å². The van der Waals surface area contributed by atoms with E-state index in [-0.39, 0.29) is 11.6 Å². The van der Waals surface area contributed by atoms with Crippen molar-refractivity contribution in [1.29, 1.82) is 5.41 Å². The van der Waals surface area contributed by atoms with Crippen LogP contribution in [0.15, 0.2) is 59.6 Å². The largest absolute Gasteiger partial charge is 0.354 e. The van der Waals surface area contributed by atoms with Crippen LogP contribution in [0.4, 0.5) is 4.79 Å². The van der Waals surface area contributed by atoms with Gasteiger partial charge in [-0.3, -0.25) is 15.3 Å². The third kappa shape index (κ3) is 3.29. The molecule has 8 heteroatoms. The van der Waals surface area contributed by atoms with Gasteiger partial charge in [-0.25, -0.2) is 13.9 Å². The lowest BCUT2D eigenvalue weighted by Crippen LogP contribution is -2.51. The van der Waals surface area contributed by atoms with Crippen molar-refractivity contribution in [2.75, 3.05) is 39.3 Å². The summed E-state index contributed by atoms with van der Waals surface area (Å²) in [5.74, 6) is 0.635. The Morgan fingerprint density at radius 2 is 1.67 bits per heavy atom. The molecule has 2 aliphatic rings. The van der Waals surface area contributed by atoms with Gasteiger partial charge in [0.1, 0.15) is 0 Å². The van der Waals surface area contributed by atoms with Gasteiger partial charge in [0.25, 0.3) is 0 Å². The zero-order chi connectivity index (χ0) is 20.5. The van der Waals surface area contributed by atoms with E-state index in [1.54, 1.807) is 4.57 Å². The van der Waals surface area contributed by atoms with Crippen molar-refractivity contribution in [3.8, 4) is 0 Å². The Hall–Kier alpha value is -3.39. The normalized spacial score (nSPS) is 17.2. The van der Waals surface area contributed by atoms with Crippen LogP contribution in [0.5, 0.6) is 0 Å². The summed E-state index contributed by atoms with van der Waals surface area (Å²) in [7, 11) is 0. The Balaban J connectivity index is 1.38. The minimum absolute atomic E-state index is 0.126. The molecule has 8 nitrogen and oxygen atoms in total. The van der Waals surface area contributed by atoms with Crippen molar-refractivity contribution in [2.24, 2.45) is 4.99 Å². The van der Waals surface area contributed by atoms with Gasteiger partial charge in [0.2, 0.25) is 11.6 Å². The quantitative estimate of drug-likeness (QED) is 0.681. The number of carbonyl (C=O) groups excluding carboxylic acids is 1. The van der Waals surface area contributed by atoms with Crippen molar-refractivity contribution in [2.45, 2.75) is 6.54 Å². The number of nitrogens with one attached hydrogen (secondary N) is 2. The Kier molecular flexibility index (Phi) is 4.84. The van der Waals surface area contributed by atoms with Crippen molar-refractivity contribution in [3.05, 3.63) is 65.8 Å². The molecule has 154 valence electrons. The van der Waals surface area contributed by atoms with Gasteiger partial charge < -0.3 is 10.2 Å². The van der Waals surface area contributed by atoms with E-state index in [0.29, 0.717) is 25.6 Å². The molecule has 1 fully saturated rings. The number of aliphatic imine (C=N–C) groups is 1. The molecule has 2 aliphatic heterocycles. The predicted octanol–water partition coefficient (Wildman–Crippen LogP) is 1.52. The summed E-state index contributed by atoms with van der Waals surface area (Å²) in [6.45, 7) is 5.26. The molecule has 1 saturated heterocycles. The zero-order valence-electron chi connectivity index (χ0n) is 16.8. The first-order chi connectivity index (χ1) is 14.7. The smallest absolute Gasteiger partial charge is 0.331 e. The Morgan fingerprint density at radius 1 is 0.967 bits per heavy atom.